The molecule has 0 bridgehead atoms. The standard InChI is InChI=1S/C19H25F2N3O4/c1-3-13(2)17(26)22-12-16(25)23-8-10-24(11-9-23)18(27)14-6-4-5-7-15(14)28-19(20)21/h4-7,13,19H,3,8-12H2,1-2H3,(H,22,26). The number of ether oxygens (including phenoxy) is 1. The summed E-state index contributed by atoms with van der Waals surface area (Å²) >= 11 is 0. The molecule has 0 saturated carbocycles. The van der Waals surface area contributed by atoms with Crippen LogP contribution in [0.15, 0.2) is 24.3 Å². The second kappa shape index (κ2) is 10.0. The van der Waals surface area contributed by atoms with Gasteiger partial charge in [-0.15, -0.1) is 0 Å². The van der Waals surface area contributed by atoms with Gasteiger partial charge in [0, 0.05) is 32.1 Å². The Bertz CT molecular complexity index is 706. The van der Waals surface area contributed by atoms with Crippen LogP contribution in [0.3, 0.4) is 0 Å². The number of nitrogens with one attached hydrogen (secondary N) is 1. The van der Waals surface area contributed by atoms with Gasteiger partial charge in [-0.25, -0.2) is 0 Å². The van der Waals surface area contributed by atoms with E-state index in [0.29, 0.717) is 19.5 Å². The third-order valence-corrected chi connectivity index (χ3v) is 4.73. The number of para-hydroxylation sites is 1. The average Bonchev–Trinajstić information content (AvgIpc) is 2.70. The summed E-state index contributed by atoms with van der Waals surface area (Å²) in [7, 11) is 0. The summed E-state index contributed by atoms with van der Waals surface area (Å²) in [5, 5.41) is 2.62. The van der Waals surface area contributed by atoms with E-state index in [1.165, 1.54) is 23.1 Å². The maximum Gasteiger partial charge on any atom is 0.387 e. The summed E-state index contributed by atoms with van der Waals surface area (Å²) in [6.45, 7) is 1.74. The van der Waals surface area contributed by atoms with E-state index < -0.39 is 12.5 Å². The number of rotatable bonds is 7. The second-order valence-electron chi connectivity index (χ2n) is 6.57. The number of halogens is 2. The molecule has 1 aromatic carbocycles. The van der Waals surface area contributed by atoms with Crippen LogP contribution in [0.25, 0.3) is 0 Å². The van der Waals surface area contributed by atoms with Gasteiger partial charge in [-0.1, -0.05) is 26.0 Å². The molecule has 7 nitrogen and oxygen atoms in total. The van der Waals surface area contributed by atoms with Crippen molar-refractivity contribution in [1.82, 2.24) is 15.1 Å². The third kappa shape index (κ3) is 5.64. The second-order valence-corrected chi connectivity index (χ2v) is 6.57. The Kier molecular flexibility index (Phi) is 7.71. The van der Waals surface area contributed by atoms with Crippen molar-refractivity contribution in [2.75, 3.05) is 32.7 Å². The van der Waals surface area contributed by atoms with E-state index in [9.17, 15) is 23.2 Å². The van der Waals surface area contributed by atoms with Gasteiger partial charge in [0.15, 0.2) is 0 Å². The van der Waals surface area contributed by atoms with Crippen LogP contribution in [0.5, 0.6) is 5.75 Å². The number of hydrogen-bond donors (Lipinski definition) is 1. The predicted molar refractivity (Wildman–Crippen MR) is 98.0 cm³/mol. The SMILES string of the molecule is CCC(C)C(=O)NCC(=O)N1CCN(C(=O)c2ccccc2OC(F)F)CC1. The minimum Gasteiger partial charge on any atom is -0.434 e. The molecule has 1 aliphatic heterocycles. The molecule has 2 rings (SSSR count). The van der Waals surface area contributed by atoms with Crippen LogP contribution in [-0.2, 0) is 9.59 Å². The van der Waals surface area contributed by atoms with Crippen LogP contribution >= 0.6 is 0 Å². The topological polar surface area (TPSA) is 79.0 Å². The Morgan fingerprint density at radius 2 is 1.71 bits per heavy atom. The molecule has 1 aromatic rings. The Morgan fingerprint density at radius 3 is 2.32 bits per heavy atom. The van der Waals surface area contributed by atoms with Gasteiger partial charge in [0.2, 0.25) is 11.8 Å². The van der Waals surface area contributed by atoms with Gasteiger partial charge in [-0.3, -0.25) is 14.4 Å². The van der Waals surface area contributed by atoms with Gasteiger partial charge in [-0.2, -0.15) is 8.78 Å². The fourth-order valence-electron chi connectivity index (χ4n) is 2.81. The monoisotopic (exact) mass is 397 g/mol. The van der Waals surface area contributed by atoms with Gasteiger partial charge in [0.1, 0.15) is 5.75 Å². The number of hydrogen-bond acceptors (Lipinski definition) is 4. The number of benzene rings is 1. The van der Waals surface area contributed by atoms with E-state index in [4.69, 9.17) is 0 Å². The summed E-state index contributed by atoms with van der Waals surface area (Å²) in [5.41, 5.74) is 0.0587. The summed E-state index contributed by atoms with van der Waals surface area (Å²) in [6.07, 6.45) is 0.692. The summed E-state index contributed by atoms with van der Waals surface area (Å²) in [4.78, 5) is 39.7. The van der Waals surface area contributed by atoms with Crippen molar-refractivity contribution >= 4 is 17.7 Å². The molecule has 154 valence electrons. The van der Waals surface area contributed by atoms with Crippen molar-refractivity contribution in [3.8, 4) is 5.75 Å². The highest BCUT2D eigenvalue weighted by molar-refractivity contribution is 5.97. The molecule has 0 aromatic heterocycles. The highest BCUT2D eigenvalue weighted by atomic mass is 19.3. The molecule has 0 spiro atoms. The van der Waals surface area contributed by atoms with Crippen molar-refractivity contribution in [2.24, 2.45) is 5.92 Å². The lowest BCUT2D eigenvalue weighted by Gasteiger charge is -2.35. The molecule has 0 radical (unpaired) electrons. The summed E-state index contributed by atoms with van der Waals surface area (Å²) < 4.78 is 29.5. The van der Waals surface area contributed by atoms with Crippen molar-refractivity contribution in [1.29, 1.82) is 0 Å². The molecule has 1 saturated heterocycles. The molecule has 28 heavy (non-hydrogen) atoms. The molecule has 1 unspecified atom stereocenters. The van der Waals surface area contributed by atoms with Crippen LogP contribution in [-0.4, -0.2) is 66.9 Å². The summed E-state index contributed by atoms with van der Waals surface area (Å²) in [6, 6.07) is 5.84. The molecule has 1 heterocycles. The zero-order valence-electron chi connectivity index (χ0n) is 16.0. The Hall–Kier alpha value is -2.71. The van der Waals surface area contributed by atoms with Crippen LogP contribution < -0.4 is 10.1 Å². The van der Waals surface area contributed by atoms with Gasteiger partial charge in [0.25, 0.3) is 5.91 Å². The van der Waals surface area contributed by atoms with Crippen LogP contribution in [0.4, 0.5) is 8.78 Å². The maximum atomic E-state index is 12.6. The van der Waals surface area contributed by atoms with Crippen molar-refractivity contribution in [3.63, 3.8) is 0 Å². The Balaban J connectivity index is 1.89. The van der Waals surface area contributed by atoms with E-state index in [-0.39, 0.29) is 48.7 Å². The van der Waals surface area contributed by atoms with Crippen LogP contribution in [0, 0.1) is 5.92 Å². The van der Waals surface area contributed by atoms with Crippen molar-refractivity contribution in [2.45, 2.75) is 26.9 Å². The van der Waals surface area contributed by atoms with E-state index in [0.717, 1.165) is 0 Å². The number of amides is 3. The zero-order valence-corrected chi connectivity index (χ0v) is 16.0. The first-order chi connectivity index (χ1) is 13.3. The van der Waals surface area contributed by atoms with E-state index in [2.05, 4.69) is 10.1 Å². The van der Waals surface area contributed by atoms with Crippen molar-refractivity contribution < 1.29 is 27.9 Å². The number of piperazine rings is 1. The predicted octanol–water partition coefficient (Wildman–Crippen LogP) is 1.73. The third-order valence-electron chi connectivity index (χ3n) is 4.73. The maximum absolute atomic E-state index is 12.6. The first-order valence-electron chi connectivity index (χ1n) is 9.22. The molecule has 1 fully saturated rings. The van der Waals surface area contributed by atoms with Gasteiger partial charge in [-0.05, 0) is 18.6 Å². The molecule has 1 atom stereocenters. The molecule has 9 heteroatoms. The zero-order chi connectivity index (χ0) is 20.7. The first-order valence-corrected chi connectivity index (χ1v) is 9.22. The first kappa shape index (κ1) is 21.6. The lowest BCUT2D eigenvalue weighted by atomic mass is 10.1. The van der Waals surface area contributed by atoms with Gasteiger partial charge < -0.3 is 19.9 Å². The van der Waals surface area contributed by atoms with Crippen LogP contribution in [0.2, 0.25) is 0 Å². The summed E-state index contributed by atoms with van der Waals surface area (Å²) in [5.74, 6) is -1.13. The molecular weight excluding hydrogens is 372 g/mol. The minimum atomic E-state index is -3.02. The lowest BCUT2D eigenvalue weighted by Crippen LogP contribution is -2.52. The molecule has 1 N–H and O–H groups in total. The fourth-order valence-corrected chi connectivity index (χ4v) is 2.81. The fraction of sp³-hybridized carbons (Fsp3) is 0.526. The highest BCUT2D eigenvalue weighted by Gasteiger charge is 2.27. The average molecular weight is 397 g/mol. The van der Waals surface area contributed by atoms with Gasteiger partial charge >= 0.3 is 6.61 Å². The highest BCUT2D eigenvalue weighted by Crippen LogP contribution is 2.22. The normalized spacial score (nSPS) is 15.3. The van der Waals surface area contributed by atoms with Crippen molar-refractivity contribution in [3.05, 3.63) is 29.8 Å². The smallest absolute Gasteiger partial charge is 0.387 e. The Morgan fingerprint density at radius 1 is 1.11 bits per heavy atom. The van der Waals surface area contributed by atoms with Gasteiger partial charge in [0.05, 0.1) is 12.1 Å². The lowest BCUT2D eigenvalue weighted by molar-refractivity contribution is -0.134. The van der Waals surface area contributed by atoms with E-state index >= 15 is 0 Å². The van der Waals surface area contributed by atoms with E-state index in [1.807, 2.05) is 6.92 Å². The Labute approximate surface area is 162 Å². The number of carbonyl (C=O) groups is 3. The number of alkyl halides is 2. The molecular formula is C19H25F2N3O4. The largest absolute Gasteiger partial charge is 0.434 e. The quantitative estimate of drug-likeness (QED) is 0.760. The minimum absolute atomic E-state index is 0.0587. The molecule has 3 amide bonds. The number of nitrogens with zero attached hydrogens (tertiary/aromatic N) is 2. The van der Waals surface area contributed by atoms with Crippen LogP contribution in [0.1, 0.15) is 30.6 Å². The molecule has 1 aliphatic rings. The molecule has 0 aliphatic carbocycles. The van der Waals surface area contributed by atoms with E-state index in [1.54, 1.807) is 17.9 Å². The number of carbonyl (C=O) groups excluding carboxylic acids is 3.